The van der Waals surface area contributed by atoms with Crippen LogP contribution in [0.25, 0.3) is 0 Å². The molecule has 1 aliphatic rings. The number of fused-ring (bicyclic) bond motifs is 1. The smallest absolute Gasteiger partial charge is 0.161 e. The number of ether oxygens (including phenoxy) is 2. The van der Waals surface area contributed by atoms with Crippen molar-refractivity contribution in [1.29, 1.82) is 0 Å². The fraction of sp³-hybridized carbons (Fsp3) is 0.571. The van der Waals surface area contributed by atoms with Crippen molar-refractivity contribution in [3.8, 4) is 11.5 Å². The summed E-state index contributed by atoms with van der Waals surface area (Å²) in [6.07, 6.45) is 2.00. The van der Waals surface area contributed by atoms with E-state index in [2.05, 4.69) is 25.3 Å². The van der Waals surface area contributed by atoms with Crippen molar-refractivity contribution in [2.75, 3.05) is 13.2 Å². The maximum atomic E-state index is 5.70. The third-order valence-corrected chi connectivity index (χ3v) is 3.52. The molecule has 1 aliphatic heterocycles. The minimum atomic E-state index is 0.146. The molecule has 0 radical (unpaired) electrons. The van der Waals surface area contributed by atoms with Gasteiger partial charge in [-0.15, -0.1) is 0 Å². The third-order valence-electron chi connectivity index (χ3n) is 3.52. The maximum Gasteiger partial charge on any atom is 0.161 e. The molecule has 0 saturated carbocycles. The van der Waals surface area contributed by atoms with E-state index in [4.69, 9.17) is 15.3 Å². The average Bonchev–Trinajstić information content (AvgIpc) is 2.64. The molecule has 0 aliphatic carbocycles. The van der Waals surface area contributed by atoms with E-state index in [1.165, 1.54) is 0 Å². The van der Waals surface area contributed by atoms with E-state index in [0.717, 1.165) is 36.5 Å². The summed E-state index contributed by atoms with van der Waals surface area (Å²) in [4.78, 5) is 0. The van der Waals surface area contributed by atoms with Crippen LogP contribution in [-0.4, -0.2) is 13.2 Å². The van der Waals surface area contributed by atoms with E-state index in [1.54, 1.807) is 0 Å². The molecule has 1 heterocycles. The molecule has 0 aromatic heterocycles. The molecule has 1 aromatic carbocycles. The lowest BCUT2D eigenvalue weighted by atomic mass is 9.93. The average molecular weight is 250 g/mol. The van der Waals surface area contributed by atoms with E-state index < -0.39 is 0 Å². The Bertz CT molecular complexity index is 395. The van der Waals surface area contributed by atoms with Gasteiger partial charge in [0.1, 0.15) is 0 Å². The third kappa shape index (κ3) is 2.76. The van der Waals surface area contributed by atoms with Crippen LogP contribution in [0.4, 0.5) is 0 Å². The minimum Gasteiger partial charge on any atom is -0.490 e. The van der Waals surface area contributed by atoms with Gasteiger partial charge in [0.05, 0.1) is 13.2 Å². The first-order valence-electron chi connectivity index (χ1n) is 6.62. The second-order valence-electron chi connectivity index (χ2n) is 4.79. The Morgan fingerprint density at radius 2 is 2.00 bits per heavy atom. The maximum absolute atomic E-state index is 5.70. The second kappa shape index (κ2) is 6.07. The van der Waals surface area contributed by atoms with Gasteiger partial charge in [-0.05, 0) is 23.6 Å². The molecule has 18 heavy (non-hydrogen) atoms. The fourth-order valence-corrected chi connectivity index (χ4v) is 2.20. The van der Waals surface area contributed by atoms with Crippen molar-refractivity contribution in [2.24, 2.45) is 11.8 Å². The van der Waals surface area contributed by atoms with Gasteiger partial charge in [0.2, 0.25) is 0 Å². The lowest BCUT2D eigenvalue weighted by Gasteiger charge is -2.23. The van der Waals surface area contributed by atoms with Gasteiger partial charge in [-0.1, -0.05) is 26.3 Å². The summed E-state index contributed by atoms with van der Waals surface area (Å²) in [5.41, 5.74) is 4.04. The van der Waals surface area contributed by atoms with Crippen LogP contribution in [0.5, 0.6) is 11.5 Å². The highest BCUT2D eigenvalue weighted by Crippen LogP contribution is 2.34. The van der Waals surface area contributed by atoms with Crippen LogP contribution in [0.15, 0.2) is 18.2 Å². The zero-order valence-electron chi connectivity index (χ0n) is 11.1. The molecule has 4 heteroatoms. The van der Waals surface area contributed by atoms with Gasteiger partial charge in [0.25, 0.3) is 0 Å². The zero-order valence-corrected chi connectivity index (χ0v) is 11.1. The van der Waals surface area contributed by atoms with Crippen LogP contribution in [0.2, 0.25) is 0 Å². The molecule has 0 spiro atoms. The molecule has 3 N–H and O–H groups in total. The monoisotopic (exact) mass is 250 g/mol. The first-order chi connectivity index (χ1) is 8.76. The van der Waals surface area contributed by atoms with E-state index in [0.29, 0.717) is 12.5 Å². The first-order valence-corrected chi connectivity index (χ1v) is 6.62. The zero-order chi connectivity index (χ0) is 13.0. The van der Waals surface area contributed by atoms with E-state index in [9.17, 15) is 0 Å². The molecule has 0 saturated heterocycles. The molecule has 0 fully saturated rings. The second-order valence-corrected chi connectivity index (χ2v) is 4.79. The van der Waals surface area contributed by atoms with Gasteiger partial charge < -0.3 is 9.47 Å². The van der Waals surface area contributed by atoms with Gasteiger partial charge in [-0.2, -0.15) is 0 Å². The number of nitrogens with two attached hydrogens (primary N) is 1. The number of nitrogens with one attached hydrogen (secondary N) is 1. The van der Waals surface area contributed by atoms with Gasteiger partial charge in [-0.3, -0.25) is 11.3 Å². The summed E-state index contributed by atoms with van der Waals surface area (Å²) in [6.45, 7) is 5.78. The van der Waals surface area contributed by atoms with Crippen molar-refractivity contribution in [3.05, 3.63) is 23.8 Å². The molecular formula is C14H22N2O2. The van der Waals surface area contributed by atoms with Crippen LogP contribution < -0.4 is 20.7 Å². The minimum absolute atomic E-state index is 0.146. The first kappa shape index (κ1) is 13.2. The Kier molecular flexibility index (Phi) is 4.44. The Balaban J connectivity index is 2.26. The standard InChI is InChI=1S/C14H22N2O2/c1-3-10(2)14(16-15)11-5-6-12-13(9-11)18-8-4-7-17-12/h5-6,9-10,14,16H,3-4,7-8,15H2,1-2H3. The number of hydrogen-bond donors (Lipinski definition) is 2. The predicted octanol–water partition coefficient (Wildman–Crippen LogP) is 2.40. The number of benzene rings is 1. The van der Waals surface area contributed by atoms with E-state index >= 15 is 0 Å². The van der Waals surface area contributed by atoms with Crippen LogP contribution in [0, 0.1) is 5.92 Å². The molecular weight excluding hydrogens is 228 g/mol. The Morgan fingerprint density at radius 3 is 2.67 bits per heavy atom. The Hall–Kier alpha value is -1.26. The van der Waals surface area contributed by atoms with Crippen LogP contribution in [0.3, 0.4) is 0 Å². The Labute approximate surface area is 108 Å². The summed E-state index contributed by atoms with van der Waals surface area (Å²) in [7, 11) is 0. The highest BCUT2D eigenvalue weighted by atomic mass is 16.5. The molecule has 1 aromatic rings. The largest absolute Gasteiger partial charge is 0.490 e. The molecule has 2 rings (SSSR count). The van der Waals surface area contributed by atoms with Gasteiger partial charge in [0.15, 0.2) is 11.5 Å². The molecule has 2 unspecified atom stereocenters. The highest BCUT2D eigenvalue weighted by Gasteiger charge is 2.19. The number of hydrogen-bond acceptors (Lipinski definition) is 4. The van der Waals surface area contributed by atoms with Crippen molar-refractivity contribution in [3.63, 3.8) is 0 Å². The summed E-state index contributed by atoms with van der Waals surface area (Å²) in [5, 5.41) is 0. The van der Waals surface area contributed by atoms with Gasteiger partial charge in [0, 0.05) is 12.5 Å². The van der Waals surface area contributed by atoms with Crippen LogP contribution >= 0.6 is 0 Å². The van der Waals surface area contributed by atoms with Crippen molar-refractivity contribution in [1.82, 2.24) is 5.43 Å². The van der Waals surface area contributed by atoms with Crippen molar-refractivity contribution < 1.29 is 9.47 Å². The predicted molar refractivity (Wildman–Crippen MR) is 71.6 cm³/mol. The van der Waals surface area contributed by atoms with Gasteiger partial charge >= 0.3 is 0 Å². The molecule has 100 valence electrons. The molecule has 0 bridgehead atoms. The van der Waals surface area contributed by atoms with Crippen LogP contribution in [-0.2, 0) is 0 Å². The SMILES string of the molecule is CCC(C)C(NN)c1ccc2c(c1)OCCCO2. The number of hydrazine groups is 1. The topological polar surface area (TPSA) is 56.5 Å². The summed E-state index contributed by atoms with van der Waals surface area (Å²) in [5.74, 6) is 7.80. The summed E-state index contributed by atoms with van der Waals surface area (Å²) < 4.78 is 11.3. The van der Waals surface area contributed by atoms with Gasteiger partial charge in [-0.25, -0.2) is 0 Å². The molecule has 2 atom stereocenters. The summed E-state index contributed by atoms with van der Waals surface area (Å²) >= 11 is 0. The van der Waals surface area contributed by atoms with Crippen LogP contribution in [0.1, 0.15) is 38.3 Å². The molecule has 0 amide bonds. The Morgan fingerprint density at radius 1 is 1.28 bits per heavy atom. The lowest BCUT2D eigenvalue weighted by molar-refractivity contribution is 0.296. The van der Waals surface area contributed by atoms with E-state index in [1.807, 2.05) is 12.1 Å². The number of rotatable bonds is 4. The van der Waals surface area contributed by atoms with Crippen molar-refractivity contribution in [2.45, 2.75) is 32.7 Å². The molecule has 4 nitrogen and oxygen atoms in total. The quantitative estimate of drug-likeness (QED) is 0.636. The normalized spacial score (nSPS) is 17.9. The fourth-order valence-electron chi connectivity index (χ4n) is 2.20. The van der Waals surface area contributed by atoms with Crippen molar-refractivity contribution >= 4 is 0 Å². The lowest BCUT2D eigenvalue weighted by Crippen LogP contribution is -2.32. The van der Waals surface area contributed by atoms with E-state index in [-0.39, 0.29) is 6.04 Å². The summed E-state index contributed by atoms with van der Waals surface area (Å²) in [6, 6.07) is 6.22. The highest BCUT2D eigenvalue weighted by molar-refractivity contribution is 5.44.